The quantitative estimate of drug-likeness (QED) is 0.678. The molecule has 0 saturated carbocycles. The molecule has 0 bridgehead atoms. The highest BCUT2D eigenvalue weighted by Crippen LogP contribution is 2.18. The van der Waals surface area contributed by atoms with Gasteiger partial charge in [0.05, 0.1) is 4.92 Å². The molecule has 2 rings (SSSR count). The van der Waals surface area contributed by atoms with E-state index in [1.165, 1.54) is 42.5 Å². The molecular formula is C14H11FN2O4. The number of non-ortho nitro benzene ring substituents is 1. The SMILES string of the molecule is O=C(COc1ccccc1F)Nc1cccc([N+](=O)[O-])c1. The van der Waals surface area contributed by atoms with Crippen molar-refractivity contribution in [1.82, 2.24) is 0 Å². The molecule has 7 heteroatoms. The minimum Gasteiger partial charge on any atom is -0.481 e. The molecule has 0 aliphatic heterocycles. The third-order valence-corrected chi connectivity index (χ3v) is 2.54. The number of hydrogen-bond acceptors (Lipinski definition) is 4. The molecule has 0 radical (unpaired) electrons. The summed E-state index contributed by atoms with van der Waals surface area (Å²) in [6, 6.07) is 11.2. The second kappa shape index (κ2) is 6.47. The van der Waals surface area contributed by atoms with E-state index < -0.39 is 23.3 Å². The van der Waals surface area contributed by atoms with Gasteiger partial charge in [-0.05, 0) is 18.2 Å². The highest BCUT2D eigenvalue weighted by atomic mass is 19.1. The molecule has 0 saturated heterocycles. The van der Waals surface area contributed by atoms with Gasteiger partial charge < -0.3 is 10.1 Å². The van der Waals surface area contributed by atoms with E-state index in [4.69, 9.17) is 4.74 Å². The third-order valence-electron chi connectivity index (χ3n) is 2.54. The number of benzene rings is 2. The lowest BCUT2D eigenvalue weighted by atomic mass is 10.3. The van der Waals surface area contributed by atoms with Crippen molar-refractivity contribution in [3.8, 4) is 5.75 Å². The Morgan fingerprint density at radius 1 is 1.24 bits per heavy atom. The lowest BCUT2D eigenvalue weighted by molar-refractivity contribution is -0.384. The largest absolute Gasteiger partial charge is 0.481 e. The molecule has 0 atom stereocenters. The molecule has 108 valence electrons. The van der Waals surface area contributed by atoms with Crippen molar-refractivity contribution in [3.05, 3.63) is 64.5 Å². The van der Waals surface area contributed by atoms with Gasteiger partial charge in [0.25, 0.3) is 11.6 Å². The van der Waals surface area contributed by atoms with Crippen LogP contribution in [0.5, 0.6) is 5.75 Å². The Morgan fingerprint density at radius 3 is 2.71 bits per heavy atom. The van der Waals surface area contributed by atoms with Gasteiger partial charge in [-0.15, -0.1) is 0 Å². The molecule has 2 aromatic rings. The van der Waals surface area contributed by atoms with Crippen LogP contribution < -0.4 is 10.1 Å². The van der Waals surface area contributed by atoms with E-state index >= 15 is 0 Å². The first kappa shape index (κ1) is 14.4. The lowest BCUT2D eigenvalue weighted by Crippen LogP contribution is -2.20. The fraction of sp³-hybridized carbons (Fsp3) is 0.0714. The summed E-state index contributed by atoms with van der Waals surface area (Å²) in [4.78, 5) is 21.7. The Kier molecular flexibility index (Phi) is 4.45. The minimum absolute atomic E-state index is 0.0355. The second-order valence-electron chi connectivity index (χ2n) is 4.07. The summed E-state index contributed by atoms with van der Waals surface area (Å²) in [5.41, 5.74) is 0.133. The number of nitrogens with zero attached hydrogens (tertiary/aromatic N) is 1. The molecule has 6 nitrogen and oxygen atoms in total. The van der Waals surface area contributed by atoms with Crippen molar-refractivity contribution >= 4 is 17.3 Å². The monoisotopic (exact) mass is 290 g/mol. The summed E-state index contributed by atoms with van der Waals surface area (Å²) in [6.07, 6.45) is 0. The number of para-hydroxylation sites is 1. The van der Waals surface area contributed by atoms with Crippen molar-refractivity contribution in [3.63, 3.8) is 0 Å². The van der Waals surface area contributed by atoms with Crippen LogP contribution in [0.3, 0.4) is 0 Å². The molecule has 1 amide bonds. The van der Waals surface area contributed by atoms with Gasteiger partial charge in [0.2, 0.25) is 0 Å². The predicted octanol–water partition coefficient (Wildman–Crippen LogP) is 2.75. The highest BCUT2D eigenvalue weighted by molar-refractivity contribution is 5.92. The van der Waals surface area contributed by atoms with Gasteiger partial charge in [0, 0.05) is 17.8 Å². The Bertz CT molecular complexity index is 676. The van der Waals surface area contributed by atoms with Gasteiger partial charge in [-0.25, -0.2) is 4.39 Å². The maximum Gasteiger partial charge on any atom is 0.271 e. The standard InChI is InChI=1S/C14H11FN2O4/c15-12-6-1-2-7-13(12)21-9-14(18)16-10-4-3-5-11(8-10)17(19)20/h1-8H,9H2,(H,16,18). The zero-order chi connectivity index (χ0) is 15.2. The van der Waals surface area contributed by atoms with E-state index in [1.807, 2.05) is 0 Å². The summed E-state index contributed by atoms with van der Waals surface area (Å²) in [7, 11) is 0. The molecule has 0 aliphatic carbocycles. The number of carbonyl (C=O) groups is 1. The number of carbonyl (C=O) groups excluding carboxylic acids is 1. The number of rotatable bonds is 5. The number of ether oxygens (including phenoxy) is 1. The molecule has 0 aliphatic rings. The van der Waals surface area contributed by atoms with E-state index in [1.54, 1.807) is 6.07 Å². The zero-order valence-electron chi connectivity index (χ0n) is 10.8. The van der Waals surface area contributed by atoms with Crippen LogP contribution in [-0.4, -0.2) is 17.4 Å². The van der Waals surface area contributed by atoms with Crippen LogP contribution in [-0.2, 0) is 4.79 Å². The van der Waals surface area contributed by atoms with Gasteiger partial charge in [-0.2, -0.15) is 0 Å². The van der Waals surface area contributed by atoms with Gasteiger partial charge in [0.15, 0.2) is 18.2 Å². The summed E-state index contributed by atoms with van der Waals surface area (Å²) >= 11 is 0. The van der Waals surface area contributed by atoms with E-state index in [2.05, 4.69) is 5.32 Å². The van der Waals surface area contributed by atoms with Crippen LogP contribution >= 0.6 is 0 Å². The molecule has 0 aromatic heterocycles. The van der Waals surface area contributed by atoms with Crippen LogP contribution in [0.25, 0.3) is 0 Å². The molecular weight excluding hydrogens is 279 g/mol. The number of hydrogen-bond donors (Lipinski definition) is 1. The number of halogens is 1. The first-order valence-electron chi connectivity index (χ1n) is 5.98. The van der Waals surface area contributed by atoms with Crippen LogP contribution in [0.4, 0.5) is 15.8 Å². The Labute approximate surface area is 119 Å². The van der Waals surface area contributed by atoms with Gasteiger partial charge in [0.1, 0.15) is 0 Å². The maximum absolute atomic E-state index is 13.3. The van der Waals surface area contributed by atoms with E-state index in [9.17, 15) is 19.3 Å². The number of nitro benzene ring substituents is 1. The Hall–Kier alpha value is -2.96. The van der Waals surface area contributed by atoms with E-state index in [-0.39, 0.29) is 17.1 Å². The molecule has 2 aromatic carbocycles. The summed E-state index contributed by atoms with van der Waals surface area (Å²) < 4.78 is 18.3. The molecule has 0 spiro atoms. The maximum atomic E-state index is 13.3. The fourth-order valence-electron chi connectivity index (χ4n) is 1.60. The van der Waals surface area contributed by atoms with Crippen molar-refractivity contribution in [1.29, 1.82) is 0 Å². The zero-order valence-corrected chi connectivity index (χ0v) is 10.8. The predicted molar refractivity (Wildman–Crippen MR) is 73.6 cm³/mol. The average Bonchev–Trinajstić information content (AvgIpc) is 2.46. The average molecular weight is 290 g/mol. The summed E-state index contributed by atoms with van der Waals surface area (Å²) in [5, 5.41) is 13.0. The topological polar surface area (TPSA) is 81.5 Å². The fourth-order valence-corrected chi connectivity index (χ4v) is 1.60. The Balaban J connectivity index is 1.95. The normalized spacial score (nSPS) is 9.95. The van der Waals surface area contributed by atoms with Crippen molar-refractivity contribution in [2.75, 3.05) is 11.9 Å². The molecule has 0 fully saturated rings. The van der Waals surface area contributed by atoms with E-state index in [0.717, 1.165) is 0 Å². The third kappa shape index (κ3) is 4.00. The molecule has 1 N–H and O–H groups in total. The van der Waals surface area contributed by atoms with Crippen LogP contribution in [0.2, 0.25) is 0 Å². The minimum atomic E-state index is -0.569. The van der Waals surface area contributed by atoms with E-state index in [0.29, 0.717) is 0 Å². The molecule has 21 heavy (non-hydrogen) atoms. The van der Waals surface area contributed by atoms with Gasteiger partial charge in [-0.3, -0.25) is 14.9 Å². The number of nitrogens with one attached hydrogen (secondary N) is 1. The van der Waals surface area contributed by atoms with Crippen molar-refractivity contribution < 1.29 is 18.8 Å². The first-order valence-corrected chi connectivity index (χ1v) is 5.98. The smallest absolute Gasteiger partial charge is 0.271 e. The number of nitro groups is 1. The summed E-state index contributed by atoms with van der Waals surface area (Å²) in [6.45, 7) is -0.399. The first-order chi connectivity index (χ1) is 10.1. The number of anilines is 1. The molecule has 0 heterocycles. The molecule has 0 unspecified atom stereocenters. The van der Waals surface area contributed by atoms with Gasteiger partial charge >= 0.3 is 0 Å². The van der Waals surface area contributed by atoms with Crippen LogP contribution in [0.15, 0.2) is 48.5 Å². The Morgan fingerprint density at radius 2 is 2.00 bits per heavy atom. The lowest BCUT2D eigenvalue weighted by Gasteiger charge is -2.08. The second-order valence-corrected chi connectivity index (χ2v) is 4.07. The van der Waals surface area contributed by atoms with Crippen molar-refractivity contribution in [2.45, 2.75) is 0 Å². The number of amides is 1. The van der Waals surface area contributed by atoms with Crippen molar-refractivity contribution in [2.24, 2.45) is 0 Å². The summed E-state index contributed by atoms with van der Waals surface area (Å²) in [5.74, 6) is -1.15. The highest BCUT2D eigenvalue weighted by Gasteiger charge is 2.09. The van der Waals surface area contributed by atoms with Crippen LogP contribution in [0.1, 0.15) is 0 Å². The van der Waals surface area contributed by atoms with Gasteiger partial charge in [-0.1, -0.05) is 18.2 Å². The van der Waals surface area contributed by atoms with Crippen LogP contribution in [0, 0.1) is 15.9 Å².